The van der Waals surface area contributed by atoms with Crippen LogP contribution in [0.5, 0.6) is 0 Å². The Bertz CT molecular complexity index is 762. The molecule has 4 heterocycles. The standard InChI is InChI=1S/C21H32N6O.ClH/c1-3-27-17(2)18(14-23-27)15-24-10-12-25(13-11-24)19-16-26(9-7-20(19)28)21-6-4-5-8-22-21;/h4-6,8,14,19-20,28H,3,7,9-13,15-16H2,1-2H3;1H. The molecule has 160 valence electrons. The lowest BCUT2D eigenvalue weighted by Crippen LogP contribution is -2.60. The maximum atomic E-state index is 10.6. The lowest BCUT2D eigenvalue weighted by molar-refractivity contribution is 0.00797. The van der Waals surface area contributed by atoms with Gasteiger partial charge in [-0.1, -0.05) is 6.07 Å². The predicted octanol–water partition coefficient (Wildman–Crippen LogP) is 1.79. The van der Waals surface area contributed by atoms with Crippen LogP contribution in [0.3, 0.4) is 0 Å². The molecule has 0 saturated carbocycles. The fourth-order valence-corrected chi connectivity index (χ4v) is 4.48. The second-order valence-corrected chi connectivity index (χ2v) is 7.94. The van der Waals surface area contributed by atoms with Crippen molar-refractivity contribution < 1.29 is 5.11 Å². The molecule has 29 heavy (non-hydrogen) atoms. The fourth-order valence-electron chi connectivity index (χ4n) is 4.48. The third-order valence-corrected chi connectivity index (χ3v) is 6.29. The van der Waals surface area contributed by atoms with Crippen LogP contribution in [0.1, 0.15) is 24.6 Å². The summed E-state index contributed by atoms with van der Waals surface area (Å²) in [6, 6.07) is 6.22. The first-order chi connectivity index (χ1) is 13.7. The number of nitrogens with zero attached hydrogens (tertiary/aromatic N) is 6. The highest BCUT2D eigenvalue weighted by molar-refractivity contribution is 5.85. The van der Waals surface area contributed by atoms with Gasteiger partial charge in [0.05, 0.1) is 18.3 Å². The van der Waals surface area contributed by atoms with Crippen molar-refractivity contribution in [1.82, 2.24) is 24.6 Å². The van der Waals surface area contributed by atoms with Gasteiger partial charge in [-0.15, -0.1) is 12.4 Å². The Balaban J connectivity index is 0.00000240. The van der Waals surface area contributed by atoms with Crippen LogP contribution in [0.15, 0.2) is 30.6 Å². The highest BCUT2D eigenvalue weighted by atomic mass is 35.5. The van der Waals surface area contributed by atoms with E-state index in [-0.39, 0.29) is 24.6 Å². The van der Waals surface area contributed by atoms with Gasteiger partial charge in [-0.3, -0.25) is 14.5 Å². The largest absolute Gasteiger partial charge is 0.391 e. The summed E-state index contributed by atoms with van der Waals surface area (Å²) in [5.41, 5.74) is 2.60. The first kappa shape index (κ1) is 22.0. The molecule has 2 fully saturated rings. The first-order valence-corrected chi connectivity index (χ1v) is 10.5. The quantitative estimate of drug-likeness (QED) is 0.795. The Hall–Kier alpha value is -1.67. The maximum Gasteiger partial charge on any atom is 0.128 e. The molecular formula is C21H33ClN6O. The van der Waals surface area contributed by atoms with Gasteiger partial charge < -0.3 is 10.0 Å². The minimum atomic E-state index is -0.253. The Morgan fingerprint density at radius 3 is 2.59 bits per heavy atom. The summed E-state index contributed by atoms with van der Waals surface area (Å²) in [6.07, 6.45) is 4.41. The van der Waals surface area contributed by atoms with Crippen LogP contribution in [-0.4, -0.2) is 81.1 Å². The molecule has 0 aromatic carbocycles. The van der Waals surface area contributed by atoms with Crippen LogP contribution in [0.2, 0.25) is 0 Å². The number of hydrogen-bond donors (Lipinski definition) is 1. The van der Waals surface area contributed by atoms with E-state index < -0.39 is 0 Å². The molecule has 2 aliphatic rings. The van der Waals surface area contributed by atoms with Gasteiger partial charge in [-0.2, -0.15) is 5.10 Å². The van der Waals surface area contributed by atoms with Gasteiger partial charge in [0.2, 0.25) is 0 Å². The Morgan fingerprint density at radius 1 is 1.14 bits per heavy atom. The van der Waals surface area contributed by atoms with Gasteiger partial charge in [-0.05, 0) is 32.4 Å². The van der Waals surface area contributed by atoms with Crippen LogP contribution < -0.4 is 4.90 Å². The lowest BCUT2D eigenvalue weighted by atomic mass is 9.99. The zero-order valence-electron chi connectivity index (χ0n) is 17.4. The summed E-state index contributed by atoms with van der Waals surface area (Å²) < 4.78 is 2.07. The number of rotatable bonds is 5. The van der Waals surface area contributed by atoms with Gasteiger partial charge in [-0.25, -0.2) is 4.98 Å². The summed E-state index contributed by atoms with van der Waals surface area (Å²) in [5.74, 6) is 1.02. The topological polar surface area (TPSA) is 60.7 Å². The molecule has 0 spiro atoms. The van der Waals surface area contributed by atoms with E-state index in [1.54, 1.807) is 0 Å². The predicted molar refractivity (Wildman–Crippen MR) is 118 cm³/mol. The minimum absolute atomic E-state index is 0. The number of piperidine rings is 1. The highest BCUT2D eigenvalue weighted by Gasteiger charge is 2.34. The molecule has 1 N–H and O–H groups in total. The number of pyridine rings is 1. The van der Waals surface area contributed by atoms with E-state index >= 15 is 0 Å². The highest BCUT2D eigenvalue weighted by Crippen LogP contribution is 2.23. The molecule has 0 bridgehead atoms. The third kappa shape index (κ3) is 4.91. The molecule has 7 nitrogen and oxygen atoms in total. The van der Waals surface area contributed by atoms with E-state index in [2.05, 4.69) is 49.4 Å². The van der Waals surface area contributed by atoms with E-state index in [9.17, 15) is 5.11 Å². The second kappa shape index (κ2) is 9.89. The van der Waals surface area contributed by atoms with E-state index in [4.69, 9.17) is 0 Å². The number of aromatic nitrogens is 3. The molecule has 4 rings (SSSR count). The van der Waals surface area contributed by atoms with Crippen molar-refractivity contribution in [3.8, 4) is 0 Å². The summed E-state index contributed by atoms with van der Waals surface area (Å²) in [4.78, 5) is 11.8. The van der Waals surface area contributed by atoms with Crippen molar-refractivity contribution in [2.45, 2.75) is 45.5 Å². The number of halogens is 1. The summed E-state index contributed by atoms with van der Waals surface area (Å²) in [6.45, 7) is 12.0. The summed E-state index contributed by atoms with van der Waals surface area (Å²) >= 11 is 0. The molecule has 2 aromatic rings. The van der Waals surface area contributed by atoms with E-state index in [0.29, 0.717) is 0 Å². The van der Waals surface area contributed by atoms with Crippen LogP contribution >= 0.6 is 12.4 Å². The van der Waals surface area contributed by atoms with Crippen molar-refractivity contribution in [2.24, 2.45) is 0 Å². The molecule has 2 unspecified atom stereocenters. The Kier molecular flexibility index (Phi) is 7.51. The van der Waals surface area contributed by atoms with E-state index in [1.807, 2.05) is 24.5 Å². The third-order valence-electron chi connectivity index (χ3n) is 6.29. The number of aryl methyl sites for hydroxylation is 1. The number of hydrogen-bond acceptors (Lipinski definition) is 6. The van der Waals surface area contributed by atoms with Crippen LogP contribution in [0.4, 0.5) is 5.82 Å². The number of piperazine rings is 1. The van der Waals surface area contributed by atoms with Gasteiger partial charge in [0, 0.05) is 69.8 Å². The van der Waals surface area contributed by atoms with Gasteiger partial charge >= 0.3 is 0 Å². The number of aliphatic hydroxyl groups is 1. The Morgan fingerprint density at radius 2 is 1.93 bits per heavy atom. The SMILES string of the molecule is CCn1ncc(CN2CCN(C3CN(c4ccccn4)CCC3O)CC2)c1C.Cl. The zero-order valence-corrected chi connectivity index (χ0v) is 18.3. The van der Waals surface area contributed by atoms with Crippen molar-refractivity contribution in [1.29, 1.82) is 0 Å². The van der Waals surface area contributed by atoms with E-state index in [0.717, 1.165) is 64.6 Å². The summed E-state index contributed by atoms with van der Waals surface area (Å²) in [7, 11) is 0. The first-order valence-electron chi connectivity index (χ1n) is 10.5. The fraction of sp³-hybridized carbons (Fsp3) is 0.619. The normalized spacial score (nSPS) is 23.8. The van der Waals surface area contributed by atoms with Gasteiger partial charge in [0.1, 0.15) is 5.82 Å². The average Bonchev–Trinajstić information content (AvgIpc) is 3.09. The molecular weight excluding hydrogens is 388 g/mol. The molecule has 0 aliphatic carbocycles. The van der Waals surface area contributed by atoms with E-state index in [1.165, 1.54) is 11.3 Å². The summed E-state index contributed by atoms with van der Waals surface area (Å²) in [5, 5.41) is 15.1. The smallest absolute Gasteiger partial charge is 0.128 e. The van der Waals surface area contributed by atoms with Crippen LogP contribution in [0.25, 0.3) is 0 Å². The van der Waals surface area contributed by atoms with Crippen molar-refractivity contribution >= 4 is 18.2 Å². The number of anilines is 1. The average molecular weight is 421 g/mol. The van der Waals surface area contributed by atoms with Gasteiger partial charge in [0.15, 0.2) is 0 Å². The monoisotopic (exact) mass is 420 g/mol. The van der Waals surface area contributed by atoms with Crippen LogP contribution in [0, 0.1) is 6.92 Å². The second-order valence-electron chi connectivity index (χ2n) is 7.94. The molecule has 2 saturated heterocycles. The molecule has 0 radical (unpaired) electrons. The zero-order chi connectivity index (χ0) is 19.5. The Labute approximate surface area is 179 Å². The van der Waals surface area contributed by atoms with Crippen LogP contribution in [-0.2, 0) is 13.1 Å². The lowest BCUT2D eigenvalue weighted by Gasteiger charge is -2.45. The van der Waals surface area contributed by atoms with Gasteiger partial charge in [0.25, 0.3) is 0 Å². The molecule has 2 aromatic heterocycles. The minimum Gasteiger partial charge on any atom is -0.391 e. The molecule has 2 aliphatic heterocycles. The molecule has 8 heteroatoms. The molecule has 0 amide bonds. The van der Waals surface area contributed by atoms with Crippen molar-refractivity contribution in [2.75, 3.05) is 44.2 Å². The number of aliphatic hydroxyl groups excluding tert-OH is 1. The van der Waals surface area contributed by atoms with Crippen molar-refractivity contribution in [3.05, 3.63) is 41.9 Å². The molecule has 2 atom stereocenters. The maximum absolute atomic E-state index is 10.6. The van der Waals surface area contributed by atoms with Crippen molar-refractivity contribution in [3.63, 3.8) is 0 Å².